The maximum absolute atomic E-state index is 3.47. The Balaban J connectivity index is 1.48. The topological polar surface area (TPSA) is 15.3 Å². The molecule has 2 heteroatoms. The van der Waals surface area contributed by atoms with Crippen LogP contribution in [0.1, 0.15) is 36.8 Å². The van der Waals surface area contributed by atoms with E-state index >= 15 is 0 Å². The van der Waals surface area contributed by atoms with Gasteiger partial charge in [0.05, 0.1) is 0 Å². The fourth-order valence-corrected chi connectivity index (χ4v) is 3.52. The van der Waals surface area contributed by atoms with Gasteiger partial charge in [0.15, 0.2) is 0 Å². The number of rotatable bonds is 4. The Hall–Kier alpha value is -0.860. The van der Waals surface area contributed by atoms with Crippen molar-refractivity contribution in [2.75, 3.05) is 26.2 Å². The predicted octanol–water partition coefficient (Wildman–Crippen LogP) is 2.82. The molecule has 2 nitrogen and oxygen atoms in total. The number of hydrogen-bond donors (Lipinski definition) is 1. The molecule has 2 heterocycles. The fraction of sp³-hybridized carbons (Fsp3) is 0.647. The summed E-state index contributed by atoms with van der Waals surface area (Å²) in [5.41, 5.74) is 3.13. The number of nitrogens with zero attached hydrogens (tertiary/aromatic N) is 1. The van der Waals surface area contributed by atoms with Gasteiger partial charge in [-0.1, -0.05) is 24.3 Å². The van der Waals surface area contributed by atoms with E-state index in [2.05, 4.69) is 34.5 Å². The minimum Gasteiger partial charge on any atom is -0.316 e. The maximum Gasteiger partial charge on any atom is 0.0236 e. The van der Waals surface area contributed by atoms with Crippen molar-refractivity contribution in [3.05, 3.63) is 35.4 Å². The number of hydrogen-bond acceptors (Lipinski definition) is 2. The van der Waals surface area contributed by atoms with Crippen LogP contribution < -0.4 is 5.32 Å². The first-order chi connectivity index (χ1) is 9.42. The first-order valence-corrected chi connectivity index (χ1v) is 7.91. The Bertz CT molecular complexity index is 396. The van der Waals surface area contributed by atoms with E-state index in [0.29, 0.717) is 0 Å². The molecule has 1 unspecified atom stereocenters. The molecule has 0 aliphatic carbocycles. The standard InChI is InChI=1S/C17H26N2/c1-2-7-17-14-19(12-4-8-16(17)6-1)11-3-5-15-9-10-18-13-15/h1-2,6-7,15,18H,3-5,8-14H2. The van der Waals surface area contributed by atoms with Gasteiger partial charge in [0, 0.05) is 6.54 Å². The van der Waals surface area contributed by atoms with Gasteiger partial charge in [0.25, 0.3) is 0 Å². The monoisotopic (exact) mass is 258 g/mol. The van der Waals surface area contributed by atoms with Gasteiger partial charge in [-0.15, -0.1) is 0 Å². The number of aryl methyl sites for hydroxylation is 1. The van der Waals surface area contributed by atoms with Gasteiger partial charge in [-0.05, 0) is 75.3 Å². The van der Waals surface area contributed by atoms with E-state index in [1.165, 1.54) is 64.8 Å². The average Bonchev–Trinajstić information content (AvgIpc) is 2.85. The molecule has 1 atom stereocenters. The molecule has 1 aromatic carbocycles. The summed E-state index contributed by atoms with van der Waals surface area (Å²) in [5, 5.41) is 3.47. The largest absolute Gasteiger partial charge is 0.316 e. The van der Waals surface area contributed by atoms with Gasteiger partial charge in [-0.2, -0.15) is 0 Å². The molecule has 1 fully saturated rings. The Morgan fingerprint density at radius 1 is 1.21 bits per heavy atom. The lowest BCUT2D eigenvalue weighted by molar-refractivity contribution is 0.257. The van der Waals surface area contributed by atoms with Crippen molar-refractivity contribution in [1.29, 1.82) is 0 Å². The van der Waals surface area contributed by atoms with Crippen molar-refractivity contribution in [2.24, 2.45) is 5.92 Å². The van der Waals surface area contributed by atoms with Gasteiger partial charge >= 0.3 is 0 Å². The Morgan fingerprint density at radius 2 is 2.11 bits per heavy atom. The molecule has 2 aliphatic rings. The van der Waals surface area contributed by atoms with E-state index in [-0.39, 0.29) is 0 Å². The smallest absolute Gasteiger partial charge is 0.0236 e. The van der Waals surface area contributed by atoms with Gasteiger partial charge < -0.3 is 5.32 Å². The van der Waals surface area contributed by atoms with Crippen molar-refractivity contribution in [3.63, 3.8) is 0 Å². The van der Waals surface area contributed by atoms with Crippen LogP contribution in [0.15, 0.2) is 24.3 Å². The number of nitrogens with one attached hydrogen (secondary N) is 1. The average molecular weight is 258 g/mol. The zero-order chi connectivity index (χ0) is 12.9. The predicted molar refractivity (Wildman–Crippen MR) is 80.3 cm³/mol. The molecule has 0 bridgehead atoms. The quantitative estimate of drug-likeness (QED) is 0.893. The van der Waals surface area contributed by atoms with Crippen molar-refractivity contribution in [3.8, 4) is 0 Å². The van der Waals surface area contributed by atoms with Crippen LogP contribution >= 0.6 is 0 Å². The van der Waals surface area contributed by atoms with Crippen LogP contribution in [0, 0.1) is 5.92 Å². The van der Waals surface area contributed by atoms with Crippen molar-refractivity contribution < 1.29 is 0 Å². The molecule has 0 radical (unpaired) electrons. The molecule has 0 aromatic heterocycles. The minimum absolute atomic E-state index is 0.944. The zero-order valence-corrected chi connectivity index (χ0v) is 11.9. The molecule has 0 spiro atoms. The maximum atomic E-state index is 3.47. The first kappa shape index (κ1) is 13.1. The second kappa shape index (κ2) is 6.53. The molecule has 1 N–H and O–H groups in total. The lowest BCUT2D eigenvalue weighted by Gasteiger charge is -2.21. The second-order valence-electron chi connectivity index (χ2n) is 6.15. The summed E-state index contributed by atoms with van der Waals surface area (Å²) in [4.78, 5) is 2.66. The molecule has 104 valence electrons. The van der Waals surface area contributed by atoms with Crippen LogP contribution in [0.2, 0.25) is 0 Å². The van der Waals surface area contributed by atoms with Gasteiger partial charge in [-0.25, -0.2) is 0 Å². The van der Waals surface area contributed by atoms with Crippen LogP contribution in [0.3, 0.4) is 0 Å². The summed E-state index contributed by atoms with van der Waals surface area (Å²) in [6, 6.07) is 8.99. The molecular formula is C17H26N2. The summed E-state index contributed by atoms with van der Waals surface area (Å²) < 4.78 is 0. The third kappa shape index (κ3) is 3.58. The van der Waals surface area contributed by atoms with Crippen molar-refractivity contribution >= 4 is 0 Å². The molecule has 1 aromatic rings. The fourth-order valence-electron chi connectivity index (χ4n) is 3.52. The van der Waals surface area contributed by atoms with Crippen molar-refractivity contribution in [2.45, 2.75) is 38.6 Å². The highest BCUT2D eigenvalue weighted by molar-refractivity contribution is 5.27. The van der Waals surface area contributed by atoms with E-state index in [1.807, 2.05) is 0 Å². The summed E-state index contributed by atoms with van der Waals surface area (Å²) in [5.74, 6) is 0.944. The molecule has 0 amide bonds. The van der Waals surface area contributed by atoms with E-state index in [9.17, 15) is 0 Å². The normalized spacial score (nSPS) is 24.1. The number of fused-ring (bicyclic) bond motifs is 1. The summed E-state index contributed by atoms with van der Waals surface area (Å²) >= 11 is 0. The Kier molecular flexibility index (Phi) is 4.52. The number of benzene rings is 1. The van der Waals surface area contributed by atoms with Crippen LogP contribution in [-0.2, 0) is 13.0 Å². The third-order valence-corrected chi connectivity index (χ3v) is 4.68. The van der Waals surface area contributed by atoms with Gasteiger partial charge in [0.1, 0.15) is 0 Å². The molecule has 0 saturated carbocycles. The third-order valence-electron chi connectivity index (χ3n) is 4.68. The molecule has 1 saturated heterocycles. The van der Waals surface area contributed by atoms with Gasteiger partial charge in [0.2, 0.25) is 0 Å². The van der Waals surface area contributed by atoms with Crippen LogP contribution in [0.5, 0.6) is 0 Å². The van der Waals surface area contributed by atoms with Crippen LogP contribution in [0.25, 0.3) is 0 Å². The van der Waals surface area contributed by atoms with Gasteiger partial charge in [-0.3, -0.25) is 4.90 Å². The van der Waals surface area contributed by atoms with E-state index in [4.69, 9.17) is 0 Å². The minimum atomic E-state index is 0.944. The summed E-state index contributed by atoms with van der Waals surface area (Å²) in [6.07, 6.45) is 6.75. The SMILES string of the molecule is c1ccc2c(c1)CCCN(CCCC1CCNC1)C2. The highest BCUT2D eigenvalue weighted by Gasteiger charge is 2.16. The second-order valence-corrected chi connectivity index (χ2v) is 6.15. The van der Waals surface area contributed by atoms with Crippen LogP contribution in [-0.4, -0.2) is 31.1 Å². The molecule has 2 aliphatic heterocycles. The highest BCUT2D eigenvalue weighted by Crippen LogP contribution is 2.20. The molecular weight excluding hydrogens is 232 g/mol. The van der Waals surface area contributed by atoms with E-state index in [1.54, 1.807) is 11.1 Å². The van der Waals surface area contributed by atoms with Crippen LogP contribution in [0.4, 0.5) is 0 Å². The molecule has 19 heavy (non-hydrogen) atoms. The lowest BCUT2D eigenvalue weighted by Crippen LogP contribution is -2.25. The zero-order valence-electron chi connectivity index (χ0n) is 11.9. The first-order valence-electron chi connectivity index (χ1n) is 7.91. The van der Waals surface area contributed by atoms with E-state index < -0.39 is 0 Å². The summed E-state index contributed by atoms with van der Waals surface area (Å²) in [6.45, 7) is 6.21. The highest BCUT2D eigenvalue weighted by atomic mass is 15.1. The lowest BCUT2D eigenvalue weighted by atomic mass is 10.0. The Labute approximate surface area is 117 Å². The summed E-state index contributed by atoms with van der Waals surface area (Å²) in [7, 11) is 0. The van der Waals surface area contributed by atoms with Crippen molar-refractivity contribution in [1.82, 2.24) is 10.2 Å². The van der Waals surface area contributed by atoms with E-state index in [0.717, 1.165) is 5.92 Å². The Morgan fingerprint density at radius 3 is 2.95 bits per heavy atom. The molecule has 3 rings (SSSR count).